The summed E-state index contributed by atoms with van der Waals surface area (Å²) >= 11 is 0. The summed E-state index contributed by atoms with van der Waals surface area (Å²) < 4.78 is 7.82. The zero-order chi connectivity index (χ0) is 18.3. The van der Waals surface area contributed by atoms with Crippen LogP contribution in [0.15, 0.2) is 24.3 Å². The highest BCUT2D eigenvalue weighted by atomic mass is 16.5. The predicted octanol–water partition coefficient (Wildman–Crippen LogP) is 1.44. The van der Waals surface area contributed by atoms with Crippen molar-refractivity contribution in [2.75, 3.05) is 26.3 Å². The Balaban J connectivity index is 1.47. The first-order chi connectivity index (χ1) is 12.6. The van der Waals surface area contributed by atoms with Crippen molar-refractivity contribution in [1.29, 1.82) is 0 Å². The summed E-state index contributed by atoms with van der Waals surface area (Å²) in [6, 6.07) is 8.63. The molecule has 2 N–H and O–H groups in total. The van der Waals surface area contributed by atoms with Gasteiger partial charge in [-0.2, -0.15) is 0 Å². The molecule has 6 nitrogen and oxygen atoms in total. The second kappa shape index (κ2) is 7.02. The number of amides is 1. The van der Waals surface area contributed by atoms with Crippen LogP contribution < -0.4 is 5.32 Å². The van der Waals surface area contributed by atoms with Crippen molar-refractivity contribution >= 4 is 16.8 Å². The van der Waals surface area contributed by atoms with Crippen molar-refractivity contribution in [3.63, 3.8) is 0 Å². The smallest absolute Gasteiger partial charge is 0.268 e. The Morgan fingerprint density at radius 3 is 2.92 bits per heavy atom. The lowest BCUT2D eigenvalue weighted by Gasteiger charge is -2.34. The molecule has 6 heteroatoms. The molecule has 1 amide bonds. The van der Waals surface area contributed by atoms with E-state index in [1.807, 2.05) is 36.7 Å². The summed E-state index contributed by atoms with van der Waals surface area (Å²) in [7, 11) is 1.95. The van der Waals surface area contributed by atoms with E-state index in [1.165, 1.54) is 0 Å². The third-order valence-corrected chi connectivity index (χ3v) is 5.85. The van der Waals surface area contributed by atoms with E-state index < -0.39 is 0 Å². The fraction of sp³-hybridized carbons (Fsp3) is 0.550. The number of morpholine rings is 1. The summed E-state index contributed by atoms with van der Waals surface area (Å²) in [5.41, 5.74) is 2.85. The molecule has 0 spiro atoms. The lowest BCUT2D eigenvalue weighted by molar-refractivity contribution is -0.0566. The molecule has 2 fully saturated rings. The molecular formula is C20H27N3O3. The van der Waals surface area contributed by atoms with Crippen LogP contribution in [0.2, 0.25) is 0 Å². The summed E-state index contributed by atoms with van der Waals surface area (Å²) in [5.74, 6) is -0.00104. The molecule has 3 heterocycles. The molecule has 3 atom stereocenters. The number of carbonyl (C=O) groups is 1. The van der Waals surface area contributed by atoms with Crippen LogP contribution in [0.3, 0.4) is 0 Å². The van der Waals surface area contributed by atoms with E-state index in [0.29, 0.717) is 19.1 Å². The second-order valence-electron chi connectivity index (χ2n) is 7.53. The highest BCUT2D eigenvalue weighted by molar-refractivity contribution is 6.01. The predicted molar refractivity (Wildman–Crippen MR) is 100 cm³/mol. The van der Waals surface area contributed by atoms with Crippen molar-refractivity contribution in [2.45, 2.75) is 38.0 Å². The van der Waals surface area contributed by atoms with Crippen LogP contribution in [0.5, 0.6) is 0 Å². The van der Waals surface area contributed by atoms with Gasteiger partial charge in [0.2, 0.25) is 0 Å². The number of aromatic nitrogens is 1. The van der Waals surface area contributed by atoms with E-state index in [4.69, 9.17) is 9.84 Å². The van der Waals surface area contributed by atoms with Gasteiger partial charge in [0, 0.05) is 49.7 Å². The zero-order valence-corrected chi connectivity index (χ0v) is 15.4. The van der Waals surface area contributed by atoms with E-state index in [-0.39, 0.29) is 24.7 Å². The van der Waals surface area contributed by atoms with Gasteiger partial charge in [-0.15, -0.1) is 0 Å². The van der Waals surface area contributed by atoms with Gasteiger partial charge in [0.1, 0.15) is 5.69 Å². The lowest BCUT2D eigenvalue weighted by Crippen LogP contribution is -2.46. The minimum Gasteiger partial charge on any atom is -0.396 e. The highest BCUT2D eigenvalue weighted by Crippen LogP contribution is 2.27. The van der Waals surface area contributed by atoms with Crippen LogP contribution >= 0.6 is 0 Å². The Morgan fingerprint density at radius 1 is 1.35 bits per heavy atom. The maximum absolute atomic E-state index is 13.0. The molecule has 1 aromatic heterocycles. The van der Waals surface area contributed by atoms with Gasteiger partial charge >= 0.3 is 0 Å². The van der Waals surface area contributed by atoms with Crippen molar-refractivity contribution in [3.05, 3.63) is 35.5 Å². The fourth-order valence-electron chi connectivity index (χ4n) is 4.53. The van der Waals surface area contributed by atoms with Crippen LogP contribution in [0.25, 0.3) is 10.9 Å². The Hall–Kier alpha value is -1.89. The highest BCUT2D eigenvalue weighted by Gasteiger charge is 2.38. The quantitative estimate of drug-likeness (QED) is 0.869. The van der Waals surface area contributed by atoms with Crippen LogP contribution in [-0.4, -0.2) is 65.0 Å². The number of aliphatic hydroxyl groups is 1. The average Bonchev–Trinajstić information content (AvgIpc) is 3.14. The van der Waals surface area contributed by atoms with Crippen molar-refractivity contribution in [1.82, 2.24) is 14.8 Å². The number of para-hydroxylation sites is 1. The van der Waals surface area contributed by atoms with Crippen molar-refractivity contribution in [2.24, 2.45) is 7.05 Å². The average molecular weight is 357 g/mol. The van der Waals surface area contributed by atoms with Crippen LogP contribution in [0.4, 0.5) is 0 Å². The topological polar surface area (TPSA) is 66.7 Å². The summed E-state index contributed by atoms with van der Waals surface area (Å²) in [4.78, 5) is 15.4. The van der Waals surface area contributed by atoms with Crippen LogP contribution in [-0.2, 0) is 11.8 Å². The van der Waals surface area contributed by atoms with E-state index in [0.717, 1.165) is 41.7 Å². The van der Waals surface area contributed by atoms with Gasteiger partial charge in [-0.25, -0.2) is 0 Å². The number of hydrogen-bond donors (Lipinski definition) is 2. The molecule has 2 aliphatic heterocycles. The first-order valence-electron chi connectivity index (χ1n) is 9.40. The largest absolute Gasteiger partial charge is 0.396 e. The van der Waals surface area contributed by atoms with Gasteiger partial charge in [0.25, 0.3) is 5.91 Å². The van der Waals surface area contributed by atoms with Crippen molar-refractivity contribution in [3.8, 4) is 0 Å². The number of nitrogens with zero attached hydrogens (tertiary/aromatic N) is 2. The van der Waals surface area contributed by atoms with E-state index in [1.54, 1.807) is 0 Å². The minimum absolute atomic E-state index is 0.00104. The van der Waals surface area contributed by atoms with Gasteiger partial charge in [0.05, 0.1) is 12.7 Å². The fourth-order valence-corrected chi connectivity index (χ4v) is 4.53. The summed E-state index contributed by atoms with van der Waals surface area (Å²) in [6.45, 7) is 4.55. The normalized spacial score (nSPS) is 26.2. The molecule has 0 aliphatic carbocycles. The number of nitrogens with one attached hydrogen (secondary N) is 1. The van der Waals surface area contributed by atoms with Gasteiger partial charge in [-0.1, -0.05) is 18.2 Å². The van der Waals surface area contributed by atoms with Gasteiger partial charge in [-0.05, 0) is 31.4 Å². The monoisotopic (exact) mass is 357 g/mol. The SMILES string of the molecule is Cc1c(C(=O)N[C@H]2C[C@H]3CO[C@@H](CCO)CN3C2)n(C)c2ccccc12. The van der Waals surface area contributed by atoms with E-state index in [9.17, 15) is 4.79 Å². The first kappa shape index (κ1) is 17.5. The summed E-state index contributed by atoms with van der Waals surface area (Å²) in [5, 5.41) is 13.5. The number of aliphatic hydroxyl groups excluding tert-OH is 1. The molecule has 0 unspecified atom stereocenters. The number of carbonyl (C=O) groups excluding carboxylic acids is 1. The molecule has 0 radical (unpaired) electrons. The number of rotatable bonds is 4. The van der Waals surface area contributed by atoms with Crippen molar-refractivity contribution < 1.29 is 14.6 Å². The van der Waals surface area contributed by atoms with Gasteiger partial charge in [-0.3, -0.25) is 9.69 Å². The minimum atomic E-state index is -0.00104. The standard InChI is InChI=1S/C20H27N3O3/c1-13-17-5-3-4-6-18(17)22(2)19(13)20(25)21-14-9-15-12-26-16(7-8-24)11-23(15)10-14/h3-6,14-16,24H,7-12H2,1-2H3,(H,21,25)/t14-,15-,16-/m0/s1. The molecule has 4 rings (SSSR count). The Morgan fingerprint density at radius 2 is 2.15 bits per heavy atom. The maximum atomic E-state index is 13.0. The molecule has 2 aromatic rings. The first-order valence-corrected chi connectivity index (χ1v) is 9.40. The third-order valence-electron chi connectivity index (χ3n) is 5.85. The number of aryl methyl sites for hydroxylation is 2. The lowest BCUT2D eigenvalue weighted by atomic mass is 10.1. The Kier molecular flexibility index (Phi) is 4.73. The Labute approximate surface area is 153 Å². The molecular weight excluding hydrogens is 330 g/mol. The Bertz CT molecular complexity index is 777. The molecule has 1 aromatic carbocycles. The van der Waals surface area contributed by atoms with Gasteiger partial charge < -0.3 is 19.7 Å². The number of benzene rings is 1. The number of ether oxygens (including phenoxy) is 1. The molecule has 140 valence electrons. The second-order valence-corrected chi connectivity index (χ2v) is 7.53. The maximum Gasteiger partial charge on any atom is 0.268 e. The van der Waals surface area contributed by atoms with E-state index in [2.05, 4.69) is 16.3 Å². The molecule has 2 aliphatic rings. The molecule has 0 saturated carbocycles. The van der Waals surface area contributed by atoms with E-state index >= 15 is 0 Å². The number of fused-ring (bicyclic) bond motifs is 2. The molecule has 0 bridgehead atoms. The van der Waals surface area contributed by atoms with Crippen LogP contribution in [0.1, 0.15) is 28.9 Å². The molecule has 2 saturated heterocycles. The van der Waals surface area contributed by atoms with Gasteiger partial charge in [0.15, 0.2) is 0 Å². The van der Waals surface area contributed by atoms with Crippen LogP contribution in [0, 0.1) is 6.92 Å². The zero-order valence-electron chi connectivity index (χ0n) is 15.4. The molecule has 26 heavy (non-hydrogen) atoms. The third kappa shape index (κ3) is 3.02. The summed E-state index contributed by atoms with van der Waals surface area (Å²) in [6.07, 6.45) is 1.70. The number of hydrogen-bond acceptors (Lipinski definition) is 4.